The molecule has 4 nitrogen and oxygen atoms in total. The van der Waals surface area contributed by atoms with Gasteiger partial charge in [-0.1, -0.05) is 30.3 Å². The molecule has 0 amide bonds. The molecule has 108 valence electrons. The standard InChI is InChI=1S/C14H19N3OS2/c1-17(2)14-15-13(16-20-14)10-19-9-12(18-3)11-7-5-4-6-8-11/h4-8,12H,9-10H2,1-3H3/t12-/m0/s1. The summed E-state index contributed by atoms with van der Waals surface area (Å²) >= 11 is 3.24. The van der Waals surface area contributed by atoms with Crippen LogP contribution in [-0.4, -0.2) is 36.3 Å². The summed E-state index contributed by atoms with van der Waals surface area (Å²) in [5.41, 5.74) is 1.21. The molecular weight excluding hydrogens is 290 g/mol. The Morgan fingerprint density at radius 3 is 2.65 bits per heavy atom. The molecule has 1 heterocycles. The molecule has 0 aliphatic carbocycles. The third-order valence-corrected chi connectivity index (χ3v) is 4.72. The van der Waals surface area contributed by atoms with Crippen LogP contribution in [-0.2, 0) is 10.5 Å². The largest absolute Gasteiger partial charge is 0.376 e. The molecule has 1 atom stereocenters. The fourth-order valence-corrected chi connectivity index (χ4v) is 3.37. The monoisotopic (exact) mass is 309 g/mol. The summed E-state index contributed by atoms with van der Waals surface area (Å²) in [7, 11) is 5.71. The molecule has 2 rings (SSSR count). The molecule has 0 saturated carbocycles. The van der Waals surface area contributed by atoms with E-state index in [1.807, 2.05) is 37.2 Å². The Balaban J connectivity index is 1.84. The van der Waals surface area contributed by atoms with E-state index >= 15 is 0 Å². The average molecular weight is 309 g/mol. The van der Waals surface area contributed by atoms with Gasteiger partial charge in [0.1, 0.15) is 0 Å². The fourth-order valence-electron chi connectivity index (χ4n) is 1.71. The molecule has 1 aromatic carbocycles. The lowest BCUT2D eigenvalue weighted by atomic mass is 10.1. The van der Waals surface area contributed by atoms with Crippen LogP contribution in [0, 0.1) is 0 Å². The Labute approximate surface area is 128 Å². The number of thioether (sulfide) groups is 1. The second kappa shape index (κ2) is 7.61. The number of anilines is 1. The Morgan fingerprint density at radius 2 is 2.05 bits per heavy atom. The second-order valence-corrected chi connectivity index (χ2v) is 6.30. The zero-order valence-electron chi connectivity index (χ0n) is 11.9. The quantitative estimate of drug-likeness (QED) is 0.785. The first-order valence-electron chi connectivity index (χ1n) is 6.36. The van der Waals surface area contributed by atoms with Crippen molar-refractivity contribution in [2.45, 2.75) is 11.9 Å². The summed E-state index contributed by atoms with van der Waals surface area (Å²) in [6.45, 7) is 0. The minimum absolute atomic E-state index is 0.119. The second-order valence-electron chi connectivity index (χ2n) is 4.54. The molecule has 0 radical (unpaired) electrons. The van der Waals surface area contributed by atoms with E-state index < -0.39 is 0 Å². The van der Waals surface area contributed by atoms with E-state index in [4.69, 9.17) is 4.74 Å². The molecule has 0 fully saturated rings. The molecular formula is C14H19N3OS2. The zero-order chi connectivity index (χ0) is 14.4. The molecule has 0 saturated heterocycles. The number of nitrogens with zero attached hydrogens (tertiary/aromatic N) is 3. The molecule has 1 aromatic heterocycles. The highest BCUT2D eigenvalue weighted by Gasteiger charge is 2.11. The van der Waals surface area contributed by atoms with E-state index in [0.29, 0.717) is 0 Å². The summed E-state index contributed by atoms with van der Waals surface area (Å²) in [4.78, 5) is 6.46. The lowest BCUT2D eigenvalue weighted by Gasteiger charge is -2.14. The van der Waals surface area contributed by atoms with Crippen molar-refractivity contribution >= 4 is 28.4 Å². The fraction of sp³-hybridized carbons (Fsp3) is 0.429. The number of methoxy groups -OCH3 is 1. The molecule has 20 heavy (non-hydrogen) atoms. The van der Waals surface area contributed by atoms with Gasteiger partial charge in [0.25, 0.3) is 0 Å². The maximum absolute atomic E-state index is 5.55. The van der Waals surface area contributed by atoms with Gasteiger partial charge in [0.2, 0.25) is 5.13 Å². The lowest BCUT2D eigenvalue weighted by Crippen LogP contribution is -2.08. The normalized spacial score (nSPS) is 12.3. The van der Waals surface area contributed by atoms with Crippen LogP contribution in [0.2, 0.25) is 0 Å². The first-order valence-corrected chi connectivity index (χ1v) is 8.29. The van der Waals surface area contributed by atoms with Gasteiger partial charge in [-0.05, 0) is 5.56 Å². The third kappa shape index (κ3) is 4.19. The molecule has 2 aromatic rings. The van der Waals surface area contributed by atoms with Crippen molar-refractivity contribution in [1.29, 1.82) is 0 Å². The van der Waals surface area contributed by atoms with Gasteiger partial charge < -0.3 is 9.64 Å². The molecule has 0 spiro atoms. The molecule has 0 unspecified atom stereocenters. The van der Waals surface area contributed by atoms with Crippen molar-refractivity contribution < 1.29 is 4.74 Å². The number of hydrogen-bond acceptors (Lipinski definition) is 6. The van der Waals surface area contributed by atoms with Crippen LogP contribution in [0.3, 0.4) is 0 Å². The summed E-state index contributed by atoms with van der Waals surface area (Å²) in [5, 5.41) is 0.951. The van der Waals surface area contributed by atoms with E-state index in [1.165, 1.54) is 17.1 Å². The minimum Gasteiger partial charge on any atom is -0.376 e. The topological polar surface area (TPSA) is 38.2 Å². The molecule has 0 aliphatic heterocycles. The molecule has 0 N–H and O–H groups in total. The Bertz CT molecular complexity index is 516. The van der Waals surface area contributed by atoms with Gasteiger partial charge in [-0.2, -0.15) is 16.1 Å². The number of hydrogen-bond donors (Lipinski definition) is 0. The van der Waals surface area contributed by atoms with E-state index in [2.05, 4.69) is 21.5 Å². The highest BCUT2D eigenvalue weighted by atomic mass is 32.2. The number of benzene rings is 1. The van der Waals surface area contributed by atoms with Gasteiger partial charge in [-0.3, -0.25) is 0 Å². The van der Waals surface area contributed by atoms with Crippen LogP contribution in [0.25, 0.3) is 0 Å². The molecule has 0 aliphatic rings. The highest BCUT2D eigenvalue weighted by Crippen LogP contribution is 2.24. The third-order valence-electron chi connectivity index (χ3n) is 2.80. The van der Waals surface area contributed by atoms with Crippen LogP contribution in [0.1, 0.15) is 17.5 Å². The predicted octanol–water partition coefficient (Wildman–Crippen LogP) is 3.23. The average Bonchev–Trinajstić information content (AvgIpc) is 2.94. The summed E-state index contributed by atoms with van der Waals surface area (Å²) in [6, 6.07) is 10.3. The van der Waals surface area contributed by atoms with Crippen LogP contribution < -0.4 is 4.90 Å². The van der Waals surface area contributed by atoms with E-state index in [-0.39, 0.29) is 6.10 Å². The van der Waals surface area contributed by atoms with Crippen LogP contribution in [0.15, 0.2) is 30.3 Å². The number of ether oxygens (including phenoxy) is 1. The predicted molar refractivity (Wildman–Crippen MR) is 86.6 cm³/mol. The van der Waals surface area contributed by atoms with Crippen molar-refractivity contribution in [3.05, 3.63) is 41.7 Å². The Hall–Kier alpha value is -1.11. The molecule has 0 bridgehead atoms. The van der Waals surface area contributed by atoms with Crippen LogP contribution in [0.4, 0.5) is 5.13 Å². The van der Waals surface area contributed by atoms with Crippen molar-refractivity contribution in [3.63, 3.8) is 0 Å². The van der Waals surface area contributed by atoms with Gasteiger partial charge in [0, 0.05) is 38.5 Å². The Morgan fingerprint density at radius 1 is 1.30 bits per heavy atom. The van der Waals surface area contributed by atoms with Gasteiger partial charge in [-0.15, -0.1) is 0 Å². The van der Waals surface area contributed by atoms with Crippen molar-refractivity contribution in [3.8, 4) is 0 Å². The summed E-state index contributed by atoms with van der Waals surface area (Å²) in [6.07, 6.45) is 0.119. The maximum Gasteiger partial charge on any atom is 0.204 e. The minimum atomic E-state index is 0.119. The van der Waals surface area contributed by atoms with Crippen molar-refractivity contribution in [1.82, 2.24) is 9.36 Å². The van der Waals surface area contributed by atoms with Crippen LogP contribution in [0.5, 0.6) is 0 Å². The van der Waals surface area contributed by atoms with E-state index in [0.717, 1.165) is 22.5 Å². The van der Waals surface area contributed by atoms with Gasteiger partial charge in [0.15, 0.2) is 5.82 Å². The molecule has 6 heteroatoms. The summed E-state index contributed by atoms with van der Waals surface area (Å²) < 4.78 is 9.91. The zero-order valence-corrected chi connectivity index (χ0v) is 13.6. The Kier molecular flexibility index (Phi) is 5.82. The first kappa shape index (κ1) is 15.3. The SMILES string of the molecule is CO[C@@H](CSCc1nsc(N(C)C)n1)c1ccccc1. The van der Waals surface area contributed by atoms with Gasteiger partial charge in [-0.25, -0.2) is 4.98 Å². The summed E-state index contributed by atoms with van der Waals surface area (Å²) in [5.74, 6) is 2.61. The van der Waals surface area contributed by atoms with E-state index in [1.54, 1.807) is 18.9 Å². The van der Waals surface area contributed by atoms with E-state index in [9.17, 15) is 0 Å². The highest BCUT2D eigenvalue weighted by molar-refractivity contribution is 7.98. The number of aromatic nitrogens is 2. The van der Waals surface area contributed by atoms with Gasteiger partial charge in [0.05, 0.1) is 11.9 Å². The maximum atomic E-state index is 5.55. The van der Waals surface area contributed by atoms with Gasteiger partial charge >= 0.3 is 0 Å². The van der Waals surface area contributed by atoms with Crippen molar-refractivity contribution in [2.75, 3.05) is 31.9 Å². The van der Waals surface area contributed by atoms with Crippen molar-refractivity contribution in [2.24, 2.45) is 0 Å². The lowest BCUT2D eigenvalue weighted by molar-refractivity contribution is 0.123. The smallest absolute Gasteiger partial charge is 0.204 e. The number of rotatable bonds is 7. The van der Waals surface area contributed by atoms with Crippen LogP contribution >= 0.6 is 23.3 Å². The first-order chi connectivity index (χ1) is 9.70.